The van der Waals surface area contributed by atoms with Crippen LogP contribution in [0.25, 0.3) is 6.08 Å². The second-order valence-electron chi connectivity index (χ2n) is 7.69. The van der Waals surface area contributed by atoms with E-state index in [1.165, 1.54) is 42.5 Å². The lowest BCUT2D eigenvalue weighted by Crippen LogP contribution is -2.27. The molecule has 2 amide bonds. The molecule has 4 rings (SSSR count). The van der Waals surface area contributed by atoms with Gasteiger partial charge in [0.25, 0.3) is 16.8 Å². The SMILES string of the molecule is Cc1ccc(S(=O)(=O)Oc2ccc(/C=C3\SC(=O)N(Cc4ccccc4[N+](=O)[O-])C3=O)cc2Br)cc1. The lowest BCUT2D eigenvalue weighted by atomic mass is 10.1. The van der Waals surface area contributed by atoms with Crippen LogP contribution in [0.3, 0.4) is 0 Å². The van der Waals surface area contributed by atoms with Gasteiger partial charge in [-0.25, -0.2) is 0 Å². The smallest absolute Gasteiger partial charge is 0.339 e. The van der Waals surface area contributed by atoms with Crippen LogP contribution >= 0.6 is 27.7 Å². The Hall–Kier alpha value is -3.48. The first-order valence-corrected chi connectivity index (χ1v) is 13.4. The minimum Gasteiger partial charge on any atom is -0.378 e. The standard InChI is InChI=1S/C24H17BrN2O7S2/c1-15-6-9-18(10-7-15)36(32,33)34-21-11-8-16(12-19(21)25)13-22-23(28)26(24(29)35-22)14-17-4-2-3-5-20(17)27(30)31/h2-13H,14H2,1H3/b22-13-. The van der Waals surface area contributed by atoms with Gasteiger partial charge in [0.2, 0.25) is 0 Å². The molecule has 1 aliphatic heterocycles. The molecule has 0 aromatic heterocycles. The molecule has 0 unspecified atom stereocenters. The first-order chi connectivity index (χ1) is 17.0. The van der Waals surface area contributed by atoms with Crippen LogP contribution in [0.5, 0.6) is 5.75 Å². The summed E-state index contributed by atoms with van der Waals surface area (Å²) in [5.74, 6) is -0.529. The number of amides is 2. The largest absolute Gasteiger partial charge is 0.378 e. The van der Waals surface area contributed by atoms with Gasteiger partial charge < -0.3 is 4.18 Å². The van der Waals surface area contributed by atoms with Crippen molar-refractivity contribution in [2.45, 2.75) is 18.4 Å². The quantitative estimate of drug-likeness (QED) is 0.150. The molecule has 3 aromatic rings. The molecular formula is C24H17BrN2O7S2. The van der Waals surface area contributed by atoms with Gasteiger partial charge in [-0.2, -0.15) is 8.42 Å². The van der Waals surface area contributed by atoms with Crippen molar-refractivity contribution in [3.8, 4) is 5.75 Å². The number of imide groups is 1. The van der Waals surface area contributed by atoms with Crippen molar-refractivity contribution in [3.05, 3.63) is 103 Å². The number of nitro benzene ring substituents is 1. The summed E-state index contributed by atoms with van der Waals surface area (Å²) in [5, 5.41) is 10.7. The number of rotatable bonds is 7. The number of benzene rings is 3. The number of para-hydroxylation sites is 1. The highest BCUT2D eigenvalue weighted by molar-refractivity contribution is 9.10. The first-order valence-electron chi connectivity index (χ1n) is 10.3. The highest BCUT2D eigenvalue weighted by atomic mass is 79.9. The second-order valence-corrected chi connectivity index (χ2v) is 11.1. The molecule has 0 atom stereocenters. The summed E-state index contributed by atoms with van der Waals surface area (Å²) in [6, 6.07) is 16.7. The topological polar surface area (TPSA) is 124 Å². The zero-order valence-corrected chi connectivity index (χ0v) is 21.8. The van der Waals surface area contributed by atoms with Gasteiger partial charge in [-0.05, 0) is 70.5 Å². The minimum absolute atomic E-state index is 0.0106. The Morgan fingerprint density at radius 3 is 2.44 bits per heavy atom. The molecule has 0 N–H and O–H groups in total. The number of nitrogens with zero attached hydrogens (tertiary/aromatic N) is 2. The molecular weight excluding hydrogens is 572 g/mol. The third-order valence-corrected chi connectivity index (χ3v) is 7.93. The maximum Gasteiger partial charge on any atom is 0.339 e. The molecule has 36 heavy (non-hydrogen) atoms. The number of aryl methyl sites for hydroxylation is 1. The molecule has 0 saturated carbocycles. The van der Waals surface area contributed by atoms with Gasteiger partial charge in [0.05, 0.1) is 20.8 Å². The van der Waals surface area contributed by atoms with Crippen LogP contribution in [0, 0.1) is 17.0 Å². The van der Waals surface area contributed by atoms with Crippen LogP contribution in [0.15, 0.2) is 81.0 Å². The van der Waals surface area contributed by atoms with E-state index < -0.39 is 26.2 Å². The van der Waals surface area contributed by atoms with Crippen molar-refractivity contribution in [1.29, 1.82) is 0 Å². The highest BCUT2D eigenvalue weighted by Crippen LogP contribution is 2.36. The summed E-state index contributed by atoms with van der Waals surface area (Å²) in [6.45, 7) is 1.61. The number of thioether (sulfide) groups is 1. The molecule has 1 heterocycles. The van der Waals surface area contributed by atoms with Crippen molar-refractivity contribution < 1.29 is 27.1 Å². The Balaban J connectivity index is 1.53. The fraction of sp³-hybridized carbons (Fsp3) is 0.0833. The monoisotopic (exact) mass is 588 g/mol. The number of hydrogen-bond acceptors (Lipinski definition) is 8. The maximum absolute atomic E-state index is 12.9. The van der Waals surface area contributed by atoms with Gasteiger partial charge in [0, 0.05) is 11.6 Å². The zero-order valence-electron chi connectivity index (χ0n) is 18.6. The van der Waals surface area contributed by atoms with Crippen LogP contribution in [-0.4, -0.2) is 29.4 Å². The van der Waals surface area contributed by atoms with E-state index in [0.29, 0.717) is 21.8 Å². The summed E-state index contributed by atoms with van der Waals surface area (Å²) in [6.07, 6.45) is 1.48. The van der Waals surface area contributed by atoms with E-state index in [1.807, 2.05) is 6.92 Å². The fourth-order valence-electron chi connectivity index (χ4n) is 3.33. The Morgan fingerprint density at radius 1 is 1.08 bits per heavy atom. The number of carbonyl (C=O) groups excluding carboxylic acids is 2. The van der Waals surface area contributed by atoms with Crippen molar-refractivity contribution in [2.75, 3.05) is 0 Å². The van der Waals surface area contributed by atoms with Crippen molar-refractivity contribution >= 4 is 60.7 Å². The lowest BCUT2D eigenvalue weighted by molar-refractivity contribution is -0.385. The molecule has 3 aromatic carbocycles. The van der Waals surface area contributed by atoms with Gasteiger partial charge in [-0.15, -0.1) is 0 Å². The van der Waals surface area contributed by atoms with Crippen LogP contribution in [0.4, 0.5) is 10.5 Å². The van der Waals surface area contributed by atoms with E-state index in [1.54, 1.807) is 30.3 Å². The van der Waals surface area contributed by atoms with E-state index in [9.17, 15) is 28.1 Å². The zero-order chi connectivity index (χ0) is 26.0. The third kappa shape index (κ3) is 5.50. The summed E-state index contributed by atoms with van der Waals surface area (Å²) >= 11 is 4.00. The number of halogens is 1. The van der Waals surface area contributed by atoms with E-state index in [2.05, 4.69) is 15.9 Å². The molecule has 0 aliphatic carbocycles. The van der Waals surface area contributed by atoms with E-state index in [0.717, 1.165) is 10.5 Å². The molecule has 184 valence electrons. The molecule has 1 aliphatic rings. The van der Waals surface area contributed by atoms with E-state index in [4.69, 9.17) is 4.18 Å². The molecule has 9 nitrogen and oxygen atoms in total. The van der Waals surface area contributed by atoms with E-state index >= 15 is 0 Å². The second kappa shape index (κ2) is 10.2. The Labute approximate surface area is 219 Å². The van der Waals surface area contributed by atoms with Crippen molar-refractivity contribution in [3.63, 3.8) is 0 Å². The van der Waals surface area contributed by atoms with Gasteiger partial charge in [0.15, 0.2) is 5.75 Å². The Kier molecular flexibility index (Phi) is 7.29. The van der Waals surface area contributed by atoms with Gasteiger partial charge in [-0.3, -0.25) is 24.6 Å². The maximum atomic E-state index is 12.9. The third-order valence-electron chi connectivity index (χ3n) is 5.15. The Morgan fingerprint density at radius 2 is 1.78 bits per heavy atom. The molecule has 0 bridgehead atoms. The molecule has 0 radical (unpaired) electrons. The highest BCUT2D eigenvalue weighted by Gasteiger charge is 2.36. The summed E-state index contributed by atoms with van der Waals surface area (Å²) in [4.78, 5) is 37.1. The fourth-order valence-corrected chi connectivity index (χ4v) is 5.70. The summed E-state index contributed by atoms with van der Waals surface area (Å²) in [7, 11) is -4.05. The number of carbonyl (C=O) groups is 2. The minimum atomic E-state index is -4.05. The average molecular weight is 589 g/mol. The number of nitro groups is 1. The summed E-state index contributed by atoms with van der Waals surface area (Å²) in [5.41, 5.74) is 1.48. The molecule has 1 fully saturated rings. The molecule has 0 spiro atoms. The summed E-state index contributed by atoms with van der Waals surface area (Å²) < 4.78 is 30.7. The van der Waals surface area contributed by atoms with Crippen LogP contribution < -0.4 is 4.18 Å². The van der Waals surface area contributed by atoms with Crippen molar-refractivity contribution in [1.82, 2.24) is 4.90 Å². The lowest BCUT2D eigenvalue weighted by Gasteiger charge is -2.12. The van der Waals surface area contributed by atoms with Gasteiger partial charge >= 0.3 is 10.1 Å². The van der Waals surface area contributed by atoms with Crippen LogP contribution in [-0.2, 0) is 21.5 Å². The first kappa shape index (κ1) is 25.6. The molecule has 1 saturated heterocycles. The number of hydrogen-bond donors (Lipinski definition) is 0. The normalized spacial score (nSPS) is 14.9. The van der Waals surface area contributed by atoms with Crippen LogP contribution in [0.1, 0.15) is 16.7 Å². The predicted octanol–water partition coefficient (Wildman–Crippen LogP) is 5.67. The Bertz CT molecular complexity index is 1520. The van der Waals surface area contributed by atoms with E-state index in [-0.39, 0.29) is 33.3 Å². The predicted molar refractivity (Wildman–Crippen MR) is 138 cm³/mol. The van der Waals surface area contributed by atoms with Gasteiger partial charge in [0.1, 0.15) is 4.90 Å². The van der Waals surface area contributed by atoms with Gasteiger partial charge in [-0.1, -0.05) is 42.0 Å². The van der Waals surface area contributed by atoms with Crippen molar-refractivity contribution in [2.24, 2.45) is 0 Å². The molecule has 12 heteroatoms. The van der Waals surface area contributed by atoms with Crippen LogP contribution in [0.2, 0.25) is 0 Å². The average Bonchev–Trinajstić information content (AvgIpc) is 3.08.